The zero-order valence-electron chi connectivity index (χ0n) is 18.9. The summed E-state index contributed by atoms with van der Waals surface area (Å²) in [6.07, 6.45) is 2.99. The van der Waals surface area contributed by atoms with Crippen molar-refractivity contribution in [3.63, 3.8) is 0 Å². The fraction of sp³-hybridized carbons (Fsp3) is 0.261. The highest BCUT2D eigenvalue weighted by Gasteiger charge is 2.39. The molecule has 1 aliphatic rings. The number of amides is 1. The molecule has 12 heteroatoms. The minimum atomic E-state index is -5.43. The van der Waals surface area contributed by atoms with Gasteiger partial charge >= 0.3 is 0 Å². The normalized spacial score (nSPS) is 18.0. The van der Waals surface area contributed by atoms with E-state index in [1.807, 2.05) is 0 Å². The molecule has 184 valence electrons. The average molecular weight is 508 g/mol. The highest BCUT2D eigenvalue weighted by atomic mass is 32.3. The predicted molar refractivity (Wildman–Crippen MR) is 124 cm³/mol. The smallest absolute Gasteiger partial charge is 0.257 e. The number of nitrogens with zero attached hydrogens (tertiary/aromatic N) is 4. The van der Waals surface area contributed by atoms with E-state index in [0.717, 1.165) is 18.2 Å². The van der Waals surface area contributed by atoms with Gasteiger partial charge in [0.2, 0.25) is 11.2 Å². The van der Waals surface area contributed by atoms with Gasteiger partial charge in [-0.25, -0.2) is 14.4 Å². The number of carbonyl (C=O) groups is 1. The first-order valence-corrected chi connectivity index (χ1v) is 11.9. The van der Waals surface area contributed by atoms with Crippen molar-refractivity contribution in [2.45, 2.75) is 30.4 Å². The van der Waals surface area contributed by atoms with Crippen LogP contribution in [0.5, 0.6) is 0 Å². The Morgan fingerprint density at radius 1 is 1.23 bits per heavy atom. The molecule has 0 fully saturated rings. The summed E-state index contributed by atoms with van der Waals surface area (Å²) in [6.45, 7) is 3.40. The van der Waals surface area contributed by atoms with Crippen LogP contribution in [-0.2, 0) is 10.3 Å². The van der Waals surface area contributed by atoms with Gasteiger partial charge in [-0.05, 0) is 43.2 Å². The first-order chi connectivity index (χ1) is 16.4. The molecule has 0 spiro atoms. The zero-order chi connectivity index (χ0) is 25.3. The summed E-state index contributed by atoms with van der Waals surface area (Å²) in [7, 11) is 1.47. The Morgan fingerprint density at radius 2 is 1.97 bits per heavy atom. The van der Waals surface area contributed by atoms with Crippen LogP contribution in [-0.4, -0.2) is 38.8 Å². The molecule has 2 N–H and O–H groups in total. The van der Waals surface area contributed by atoms with Gasteiger partial charge in [-0.2, -0.15) is 0 Å². The summed E-state index contributed by atoms with van der Waals surface area (Å²) in [5, 5.41) is 0. The maximum absolute atomic E-state index is 15.1. The number of hydrogen-bond donors (Lipinski definition) is 1. The quantitative estimate of drug-likeness (QED) is 0.370. The van der Waals surface area contributed by atoms with Crippen LogP contribution in [0.25, 0.3) is 16.6 Å². The molecular weight excluding hydrogens is 486 g/mol. The Hall–Kier alpha value is -3.38. The van der Waals surface area contributed by atoms with Crippen LogP contribution in [0, 0.1) is 5.82 Å². The largest absolute Gasteiger partial charge is 0.382 e. The molecule has 1 aliphatic heterocycles. The van der Waals surface area contributed by atoms with Crippen molar-refractivity contribution in [3.05, 3.63) is 65.4 Å². The maximum atomic E-state index is 15.1. The molecule has 4 aromatic rings. The van der Waals surface area contributed by atoms with E-state index in [1.165, 1.54) is 36.6 Å². The highest BCUT2D eigenvalue weighted by Crippen LogP contribution is 2.61. The van der Waals surface area contributed by atoms with Gasteiger partial charge in [0.1, 0.15) is 17.2 Å². The van der Waals surface area contributed by atoms with Crippen LogP contribution in [0.2, 0.25) is 0 Å². The van der Waals surface area contributed by atoms with Gasteiger partial charge in [0.15, 0.2) is 0 Å². The predicted octanol–water partition coefficient (Wildman–Crippen LogP) is 5.50. The number of likely N-dealkylation sites (N-methyl/N-ethyl adjacent to an activating group) is 1. The molecule has 0 unspecified atom stereocenters. The van der Waals surface area contributed by atoms with E-state index < -0.39 is 39.4 Å². The Kier molecular flexibility index (Phi) is 5.22. The molecular formula is C23H21F4N5O2S. The third-order valence-corrected chi connectivity index (χ3v) is 7.17. The standard InChI is InChI=1S/C23H21F4N5O2S/c1-23(2)15-6-12(35(25,26)27)4-5-13(15)20(10-34-23)31(3)22(33)14-7-18-17(8-16(14)24)30-21(28)19-9-29-11-32(18)19/h4-9,11,20H,10H2,1-3H3,(H2,28,30)/t20-/m1/s1. The number of rotatable bonds is 3. The minimum absolute atomic E-state index is 0.0412. The number of aromatic nitrogens is 3. The summed E-state index contributed by atoms with van der Waals surface area (Å²) in [6, 6.07) is 5.26. The Labute approximate surface area is 199 Å². The third kappa shape index (κ3) is 3.76. The lowest BCUT2D eigenvalue weighted by atomic mass is 9.86. The lowest BCUT2D eigenvalue weighted by Crippen LogP contribution is -2.41. The second-order valence-electron chi connectivity index (χ2n) is 8.88. The van der Waals surface area contributed by atoms with Crippen LogP contribution in [0.1, 0.15) is 41.4 Å². The zero-order valence-corrected chi connectivity index (χ0v) is 19.7. The van der Waals surface area contributed by atoms with E-state index in [-0.39, 0.29) is 23.5 Å². The molecule has 7 nitrogen and oxygen atoms in total. The fourth-order valence-electron chi connectivity index (χ4n) is 4.46. The van der Waals surface area contributed by atoms with E-state index in [0.29, 0.717) is 22.2 Å². The van der Waals surface area contributed by atoms with E-state index >= 15 is 4.39 Å². The third-order valence-electron chi connectivity index (χ3n) is 6.39. The van der Waals surface area contributed by atoms with Crippen LogP contribution >= 0.6 is 11.2 Å². The fourth-order valence-corrected chi connectivity index (χ4v) is 4.93. The van der Waals surface area contributed by atoms with Crippen molar-refractivity contribution < 1.29 is 25.6 Å². The van der Waals surface area contributed by atoms with Crippen molar-refractivity contribution in [2.24, 2.45) is 0 Å². The van der Waals surface area contributed by atoms with Crippen LogP contribution in [0.4, 0.5) is 21.9 Å². The van der Waals surface area contributed by atoms with Gasteiger partial charge in [0.25, 0.3) is 5.91 Å². The topological polar surface area (TPSA) is 85.8 Å². The highest BCUT2D eigenvalue weighted by molar-refractivity contribution is 8.20. The van der Waals surface area contributed by atoms with Crippen molar-refractivity contribution >= 4 is 39.5 Å². The number of fused-ring (bicyclic) bond motifs is 4. The average Bonchev–Trinajstić information content (AvgIpc) is 3.28. The second kappa shape index (κ2) is 7.82. The Morgan fingerprint density at radius 3 is 2.69 bits per heavy atom. The molecule has 0 saturated heterocycles. The summed E-state index contributed by atoms with van der Waals surface area (Å²) >= 11 is -5.43. The Bertz CT molecular complexity index is 1500. The molecule has 0 aliphatic carbocycles. The number of ether oxygens (including phenoxy) is 1. The molecule has 1 atom stereocenters. The molecule has 3 heterocycles. The van der Waals surface area contributed by atoms with Gasteiger partial charge in [0.05, 0.1) is 52.3 Å². The van der Waals surface area contributed by atoms with E-state index in [4.69, 9.17) is 10.5 Å². The van der Waals surface area contributed by atoms with Gasteiger partial charge in [-0.3, -0.25) is 9.20 Å². The summed E-state index contributed by atoms with van der Waals surface area (Å²) in [4.78, 5) is 22.2. The number of carbonyl (C=O) groups excluding carboxylic acids is 1. The first kappa shape index (κ1) is 23.4. The maximum Gasteiger partial charge on any atom is 0.257 e. The van der Waals surface area contributed by atoms with Gasteiger partial charge < -0.3 is 15.4 Å². The molecule has 0 radical (unpaired) electrons. The number of anilines is 1. The van der Waals surface area contributed by atoms with E-state index in [9.17, 15) is 16.5 Å². The van der Waals surface area contributed by atoms with Gasteiger partial charge in [-0.15, -0.1) is 11.7 Å². The van der Waals surface area contributed by atoms with E-state index in [2.05, 4.69) is 9.97 Å². The lowest BCUT2D eigenvalue weighted by Gasteiger charge is -2.41. The second-order valence-corrected chi connectivity index (χ2v) is 10.2. The number of nitrogens with two attached hydrogens (primary N) is 1. The van der Waals surface area contributed by atoms with Crippen LogP contribution < -0.4 is 5.73 Å². The molecule has 0 saturated carbocycles. The van der Waals surface area contributed by atoms with Crippen molar-refractivity contribution in [1.82, 2.24) is 19.3 Å². The lowest BCUT2D eigenvalue weighted by molar-refractivity contribution is -0.0613. The molecule has 35 heavy (non-hydrogen) atoms. The van der Waals surface area contributed by atoms with Crippen molar-refractivity contribution in [3.8, 4) is 0 Å². The SMILES string of the molecule is CN(C(=O)c1cc2c(cc1F)nc(N)c1cncn12)[C@@H]1COC(C)(C)c2cc(S(F)(F)F)ccc21. The minimum Gasteiger partial charge on any atom is -0.382 e. The summed E-state index contributed by atoms with van der Waals surface area (Å²) in [5.41, 5.74) is 6.77. The Balaban J connectivity index is 1.57. The number of hydrogen-bond acceptors (Lipinski definition) is 5. The summed E-state index contributed by atoms with van der Waals surface area (Å²) in [5.74, 6) is -1.28. The van der Waals surface area contributed by atoms with E-state index in [1.54, 1.807) is 18.2 Å². The van der Waals surface area contributed by atoms with Crippen molar-refractivity contribution in [2.75, 3.05) is 19.4 Å². The van der Waals surface area contributed by atoms with Gasteiger partial charge in [-0.1, -0.05) is 6.07 Å². The van der Waals surface area contributed by atoms with Crippen LogP contribution in [0.15, 0.2) is 47.8 Å². The molecule has 2 aromatic carbocycles. The van der Waals surface area contributed by atoms with Crippen LogP contribution in [0.3, 0.4) is 0 Å². The molecule has 0 bridgehead atoms. The molecule has 5 rings (SSSR count). The number of benzene rings is 2. The monoisotopic (exact) mass is 507 g/mol. The number of halogens is 4. The van der Waals surface area contributed by atoms with Crippen molar-refractivity contribution in [1.29, 1.82) is 0 Å². The molecule has 2 aromatic heterocycles. The number of imidazole rings is 1. The number of nitrogen functional groups attached to an aromatic ring is 1. The first-order valence-electron chi connectivity index (χ1n) is 10.6. The molecule has 1 amide bonds. The van der Waals surface area contributed by atoms with Gasteiger partial charge in [0, 0.05) is 13.1 Å². The summed E-state index contributed by atoms with van der Waals surface area (Å²) < 4.78 is 62.8.